The molecule has 1 fully saturated rings. The number of carbonyl (C=O) groups is 1. The van der Waals surface area contributed by atoms with Gasteiger partial charge < -0.3 is 14.8 Å². The van der Waals surface area contributed by atoms with Gasteiger partial charge in [0.2, 0.25) is 11.9 Å². The van der Waals surface area contributed by atoms with E-state index in [0.29, 0.717) is 12.5 Å². The normalized spacial score (nSPS) is 16.2. The predicted octanol–water partition coefficient (Wildman–Crippen LogP) is 2.75. The molecule has 1 aliphatic heterocycles. The molecule has 8 nitrogen and oxygen atoms in total. The molecule has 0 saturated carbocycles. The van der Waals surface area contributed by atoms with Crippen molar-refractivity contribution >= 4 is 22.6 Å². The first-order valence-corrected chi connectivity index (χ1v) is 10.5. The Balaban J connectivity index is 1.30. The van der Waals surface area contributed by atoms with Crippen molar-refractivity contribution in [3.63, 3.8) is 0 Å². The number of imidazole rings is 1. The molecule has 0 bridgehead atoms. The van der Waals surface area contributed by atoms with Crippen molar-refractivity contribution in [3.8, 4) is 5.95 Å². The van der Waals surface area contributed by atoms with Crippen LogP contribution in [0.1, 0.15) is 24.0 Å². The molecule has 4 heterocycles. The minimum Gasteiger partial charge on any atom is -0.350 e. The van der Waals surface area contributed by atoms with Gasteiger partial charge in [-0.1, -0.05) is 6.07 Å². The summed E-state index contributed by atoms with van der Waals surface area (Å²) in [5.41, 5.74) is 3.54. The zero-order valence-corrected chi connectivity index (χ0v) is 17.7. The fourth-order valence-corrected chi connectivity index (χ4v) is 4.37. The van der Waals surface area contributed by atoms with E-state index in [2.05, 4.69) is 68.1 Å². The lowest BCUT2D eigenvalue weighted by atomic mass is 10.1. The summed E-state index contributed by atoms with van der Waals surface area (Å²) in [7, 11) is 2.05. The molecule has 0 aliphatic carbocycles. The van der Waals surface area contributed by atoms with Crippen molar-refractivity contribution < 1.29 is 4.79 Å². The van der Waals surface area contributed by atoms with Crippen LogP contribution in [0.2, 0.25) is 0 Å². The monoisotopic (exact) mass is 415 g/mol. The second kappa shape index (κ2) is 7.86. The summed E-state index contributed by atoms with van der Waals surface area (Å²) in [6, 6.07) is 7.99. The standard InChI is InChI=1S/C23H25N7O/c1-16-14-28(2)19-6-5-17(12-18(16)19)13-26-22(31)20-4-3-10-30(20)21-7-8-25-23(27-21)29-11-9-24-15-29/h5-9,11-12,14-15,20H,3-4,10,13H2,1-2H3,(H,26,31)/t20-/m1/s1. The van der Waals surface area contributed by atoms with Crippen LogP contribution in [0.15, 0.2) is 55.4 Å². The molecule has 0 spiro atoms. The topological polar surface area (TPSA) is 80.9 Å². The van der Waals surface area contributed by atoms with Gasteiger partial charge in [-0.2, -0.15) is 4.98 Å². The Hall–Kier alpha value is -3.68. The van der Waals surface area contributed by atoms with E-state index in [1.54, 1.807) is 29.5 Å². The van der Waals surface area contributed by atoms with Gasteiger partial charge in [-0.05, 0) is 49.1 Å². The van der Waals surface area contributed by atoms with E-state index in [4.69, 9.17) is 0 Å². The van der Waals surface area contributed by atoms with Crippen LogP contribution in [0.4, 0.5) is 5.82 Å². The smallest absolute Gasteiger partial charge is 0.243 e. The third-order valence-electron chi connectivity index (χ3n) is 5.93. The number of anilines is 1. The zero-order valence-electron chi connectivity index (χ0n) is 17.7. The van der Waals surface area contributed by atoms with Gasteiger partial charge >= 0.3 is 0 Å². The van der Waals surface area contributed by atoms with Crippen LogP contribution in [-0.2, 0) is 18.4 Å². The number of fused-ring (bicyclic) bond motifs is 1. The average Bonchev–Trinajstić information content (AvgIpc) is 3.54. The Morgan fingerprint density at radius 3 is 3.00 bits per heavy atom. The fourth-order valence-electron chi connectivity index (χ4n) is 4.37. The lowest BCUT2D eigenvalue weighted by Crippen LogP contribution is -2.43. The highest BCUT2D eigenvalue weighted by molar-refractivity contribution is 5.86. The molecule has 158 valence electrons. The number of hydrogen-bond acceptors (Lipinski definition) is 5. The van der Waals surface area contributed by atoms with Gasteiger partial charge in [-0.25, -0.2) is 9.97 Å². The van der Waals surface area contributed by atoms with Crippen molar-refractivity contribution in [1.29, 1.82) is 0 Å². The number of benzene rings is 1. The fraction of sp³-hybridized carbons (Fsp3) is 0.304. The average molecular weight is 416 g/mol. The molecule has 1 atom stereocenters. The van der Waals surface area contributed by atoms with Gasteiger partial charge in [0, 0.05) is 55.8 Å². The van der Waals surface area contributed by atoms with E-state index in [9.17, 15) is 4.79 Å². The summed E-state index contributed by atoms with van der Waals surface area (Å²) in [5.74, 6) is 1.34. The van der Waals surface area contributed by atoms with Crippen LogP contribution in [-0.4, -0.2) is 42.6 Å². The van der Waals surface area contributed by atoms with Gasteiger partial charge in [0.15, 0.2) is 0 Å². The van der Waals surface area contributed by atoms with Crippen molar-refractivity contribution in [2.45, 2.75) is 32.4 Å². The van der Waals surface area contributed by atoms with Crippen LogP contribution in [0.5, 0.6) is 0 Å². The molecule has 1 aromatic carbocycles. The number of rotatable bonds is 5. The summed E-state index contributed by atoms with van der Waals surface area (Å²) >= 11 is 0. The van der Waals surface area contributed by atoms with Crippen LogP contribution >= 0.6 is 0 Å². The van der Waals surface area contributed by atoms with E-state index < -0.39 is 0 Å². The molecule has 5 rings (SSSR count). The number of aromatic nitrogens is 5. The van der Waals surface area contributed by atoms with Crippen molar-refractivity contribution in [3.05, 3.63) is 66.5 Å². The third-order valence-corrected chi connectivity index (χ3v) is 5.93. The molecule has 1 aliphatic rings. The third kappa shape index (κ3) is 3.65. The van der Waals surface area contributed by atoms with E-state index in [1.807, 2.05) is 6.07 Å². The summed E-state index contributed by atoms with van der Waals surface area (Å²) in [4.78, 5) is 28.1. The van der Waals surface area contributed by atoms with Crippen LogP contribution in [0.25, 0.3) is 16.9 Å². The number of hydrogen-bond donors (Lipinski definition) is 1. The number of nitrogens with one attached hydrogen (secondary N) is 1. The van der Waals surface area contributed by atoms with Gasteiger partial charge in [0.25, 0.3) is 0 Å². The molecule has 8 heteroatoms. The number of carbonyl (C=O) groups excluding carboxylic acids is 1. The zero-order chi connectivity index (χ0) is 21.4. The lowest BCUT2D eigenvalue weighted by Gasteiger charge is -2.25. The van der Waals surface area contributed by atoms with Crippen molar-refractivity contribution in [1.82, 2.24) is 29.4 Å². The van der Waals surface area contributed by atoms with Crippen LogP contribution < -0.4 is 10.2 Å². The molecular formula is C23H25N7O. The molecular weight excluding hydrogens is 390 g/mol. The first-order valence-electron chi connectivity index (χ1n) is 10.5. The largest absolute Gasteiger partial charge is 0.350 e. The predicted molar refractivity (Wildman–Crippen MR) is 119 cm³/mol. The molecule has 1 saturated heterocycles. The van der Waals surface area contributed by atoms with Crippen molar-refractivity contribution in [2.24, 2.45) is 7.05 Å². The summed E-state index contributed by atoms with van der Waals surface area (Å²) < 4.78 is 3.89. The van der Waals surface area contributed by atoms with Crippen molar-refractivity contribution in [2.75, 3.05) is 11.4 Å². The molecule has 1 N–H and O–H groups in total. The van der Waals surface area contributed by atoms with Gasteiger partial charge in [-0.15, -0.1) is 0 Å². The highest BCUT2D eigenvalue weighted by Gasteiger charge is 2.31. The number of nitrogens with zero attached hydrogens (tertiary/aromatic N) is 6. The SMILES string of the molecule is Cc1cn(C)c2ccc(CNC(=O)[C@H]3CCCN3c3ccnc(-n4ccnc4)n3)cc12. The van der Waals surface area contributed by atoms with E-state index >= 15 is 0 Å². The maximum absolute atomic E-state index is 13.0. The minimum absolute atomic E-state index is 0.0326. The Bertz CT molecular complexity index is 1230. The first kappa shape index (κ1) is 19.3. The number of amides is 1. The second-order valence-electron chi connectivity index (χ2n) is 8.03. The molecule has 31 heavy (non-hydrogen) atoms. The van der Waals surface area contributed by atoms with E-state index in [0.717, 1.165) is 30.8 Å². The summed E-state index contributed by atoms with van der Waals surface area (Å²) in [6.07, 6.45) is 10.8. The maximum atomic E-state index is 13.0. The van der Waals surface area contributed by atoms with Gasteiger partial charge in [0.1, 0.15) is 18.2 Å². The Morgan fingerprint density at radius 1 is 1.26 bits per heavy atom. The Morgan fingerprint density at radius 2 is 2.16 bits per heavy atom. The lowest BCUT2D eigenvalue weighted by molar-refractivity contribution is -0.122. The molecule has 1 amide bonds. The molecule has 0 unspecified atom stereocenters. The Kier molecular flexibility index (Phi) is 4.89. The highest BCUT2D eigenvalue weighted by Crippen LogP contribution is 2.25. The first-order chi connectivity index (χ1) is 15.1. The van der Waals surface area contributed by atoms with Crippen LogP contribution in [0, 0.1) is 6.92 Å². The summed E-state index contributed by atoms with van der Waals surface area (Å²) in [6.45, 7) is 3.42. The second-order valence-corrected chi connectivity index (χ2v) is 8.03. The molecule has 3 aromatic heterocycles. The minimum atomic E-state index is -0.229. The van der Waals surface area contributed by atoms with E-state index in [1.165, 1.54) is 16.5 Å². The van der Waals surface area contributed by atoms with Gasteiger partial charge in [0.05, 0.1) is 0 Å². The van der Waals surface area contributed by atoms with Crippen LogP contribution in [0.3, 0.4) is 0 Å². The van der Waals surface area contributed by atoms with E-state index in [-0.39, 0.29) is 11.9 Å². The summed E-state index contributed by atoms with van der Waals surface area (Å²) in [5, 5.41) is 4.35. The molecule has 4 aromatic rings. The molecule has 0 radical (unpaired) electrons. The van der Waals surface area contributed by atoms with Gasteiger partial charge in [-0.3, -0.25) is 9.36 Å². The quantitative estimate of drug-likeness (QED) is 0.542. The highest BCUT2D eigenvalue weighted by atomic mass is 16.2. The number of aryl methyl sites for hydroxylation is 2. The maximum Gasteiger partial charge on any atom is 0.243 e. The Labute approximate surface area is 180 Å².